The fourth-order valence-electron chi connectivity index (χ4n) is 2.79. The molecule has 0 amide bonds. The molecule has 3 fully saturated rings. The smallest absolute Gasteiger partial charge is 0.129 e. The minimum absolute atomic E-state index is 0.867. The van der Waals surface area contributed by atoms with E-state index in [1.807, 2.05) is 0 Å². The highest BCUT2D eigenvalue weighted by Gasteiger charge is 2.45. The highest BCUT2D eigenvalue weighted by molar-refractivity contribution is 4.60. The van der Waals surface area contributed by atoms with Gasteiger partial charge in [0.05, 0.1) is 13.6 Å². The van der Waals surface area contributed by atoms with E-state index in [-0.39, 0.29) is 0 Å². The van der Waals surface area contributed by atoms with E-state index in [9.17, 15) is 0 Å². The van der Waals surface area contributed by atoms with Crippen molar-refractivity contribution < 1.29 is 8.97 Å². The maximum Gasteiger partial charge on any atom is 0.129 e. The Balaban J connectivity index is 1.95. The molecule has 2 N–H and O–H groups in total. The van der Waals surface area contributed by atoms with E-state index < -0.39 is 0 Å². The molecule has 0 aliphatic carbocycles. The van der Waals surface area contributed by atoms with Gasteiger partial charge >= 0.3 is 0 Å². The Bertz CT molecular complexity index is 160. The van der Waals surface area contributed by atoms with Gasteiger partial charge in [-0.2, -0.15) is 0 Å². The first-order valence-electron chi connectivity index (χ1n) is 5.57. The van der Waals surface area contributed by atoms with Crippen molar-refractivity contribution in [3.63, 3.8) is 0 Å². The lowest BCUT2D eigenvalue weighted by Crippen LogP contribution is -2.73. The lowest BCUT2D eigenvalue weighted by molar-refractivity contribution is -1.07. The zero-order valence-electron chi connectivity index (χ0n) is 8.84. The summed E-state index contributed by atoms with van der Waals surface area (Å²) < 4.78 is 2.72. The molecule has 13 heavy (non-hydrogen) atoms. The first kappa shape index (κ1) is 9.44. The van der Waals surface area contributed by atoms with Crippen molar-refractivity contribution in [2.45, 2.75) is 6.42 Å². The molecule has 76 valence electrons. The first-order chi connectivity index (χ1) is 6.18. The molecule has 0 unspecified atom stereocenters. The van der Waals surface area contributed by atoms with Crippen molar-refractivity contribution in [3.8, 4) is 0 Å². The Morgan fingerprint density at radius 2 is 1.54 bits per heavy atom. The van der Waals surface area contributed by atoms with Crippen molar-refractivity contribution in [2.24, 2.45) is 5.73 Å². The molecule has 3 rings (SSSR count). The second-order valence-electron chi connectivity index (χ2n) is 5.17. The summed E-state index contributed by atoms with van der Waals surface area (Å²) in [6, 6.07) is 0. The third kappa shape index (κ3) is 1.73. The third-order valence-corrected chi connectivity index (χ3v) is 4.18. The van der Waals surface area contributed by atoms with E-state index in [1.165, 1.54) is 61.2 Å². The number of piperazine rings is 3. The van der Waals surface area contributed by atoms with Crippen LogP contribution < -0.4 is 5.73 Å². The van der Waals surface area contributed by atoms with E-state index in [4.69, 9.17) is 5.73 Å². The van der Waals surface area contributed by atoms with Crippen LogP contribution in [0, 0.1) is 0 Å². The molecule has 3 saturated heterocycles. The van der Waals surface area contributed by atoms with Gasteiger partial charge < -0.3 is 14.7 Å². The molecule has 0 aromatic rings. The van der Waals surface area contributed by atoms with Gasteiger partial charge in [-0.15, -0.1) is 0 Å². The molecule has 3 nitrogen and oxygen atoms in total. The summed E-state index contributed by atoms with van der Waals surface area (Å²) >= 11 is 0. The summed E-state index contributed by atoms with van der Waals surface area (Å²) in [5.74, 6) is 0. The highest BCUT2D eigenvalue weighted by atomic mass is 15.5. The molecule has 0 spiro atoms. The van der Waals surface area contributed by atoms with Gasteiger partial charge in [0.25, 0.3) is 0 Å². The van der Waals surface area contributed by atoms with Gasteiger partial charge in [0, 0.05) is 6.42 Å². The molecule has 3 aliphatic rings. The van der Waals surface area contributed by atoms with Crippen LogP contribution in [-0.2, 0) is 0 Å². The first-order valence-corrected chi connectivity index (χ1v) is 5.57. The zero-order valence-corrected chi connectivity index (χ0v) is 8.84. The Hall–Kier alpha value is -0.120. The molecule has 3 heterocycles. The lowest BCUT2D eigenvalue weighted by atomic mass is 10.1. The van der Waals surface area contributed by atoms with Crippen molar-refractivity contribution >= 4 is 0 Å². The van der Waals surface area contributed by atoms with Gasteiger partial charge in [-0.25, -0.2) is 0 Å². The maximum absolute atomic E-state index is 5.58. The largest absolute Gasteiger partial charge is 0.330 e. The lowest BCUT2D eigenvalue weighted by Gasteiger charge is -2.54. The van der Waals surface area contributed by atoms with Crippen LogP contribution >= 0.6 is 0 Å². The van der Waals surface area contributed by atoms with E-state index in [2.05, 4.69) is 7.05 Å². The maximum atomic E-state index is 5.58. The van der Waals surface area contributed by atoms with E-state index in [0.717, 1.165) is 6.54 Å². The summed E-state index contributed by atoms with van der Waals surface area (Å²) in [6.45, 7) is 10.6. The minimum Gasteiger partial charge on any atom is -0.330 e. The molecular weight excluding hydrogens is 162 g/mol. The number of rotatable bonds is 3. The molecule has 3 aliphatic heterocycles. The topological polar surface area (TPSA) is 26.0 Å². The van der Waals surface area contributed by atoms with Crippen molar-refractivity contribution in [3.05, 3.63) is 0 Å². The van der Waals surface area contributed by atoms with Gasteiger partial charge in [-0.1, -0.05) is 0 Å². The van der Waals surface area contributed by atoms with Gasteiger partial charge in [-0.05, 0) is 6.54 Å². The van der Waals surface area contributed by atoms with Gasteiger partial charge in [0.15, 0.2) is 0 Å². The summed E-state index contributed by atoms with van der Waals surface area (Å²) in [4.78, 5) is 0. The van der Waals surface area contributed by atoms with E-state index in [0.29, 0.717) is 0 Å². The Morgan fingerprint density at radius 1 is 1.00 bits per heavy atom. The van der Waals surface area contributed by atoms with Gasteiger partial charge in [0.2, 0.25) is 0 Å². The molecule has 3 heteroatoms. The predicted molar refractivity (Wildman–Crippen MR) is 54.2 cm³/mol. The Kier molecular flexibility index (Phi) is 2.34. The van der Waals surface area contributed by atoms with Crippen LogP contribution in [0.15, 0.2) is 0 Å². The number of fused-ring (bicyclic) bond motifs is 3. The number of likely N-dealkylation sites (N-methyl/N-ethyl adjacent to an activating group) is 1. The number of nitrogens with two attached hydrogens (primary N) is 1. The average molecular weight is 185 g/mol. The van der Waals surface area contributed by atoms with E-state index in [1.54, 1.807) is 0 Å². The normalized spacial score (nSPS) is 43.8. The SMILES string of the molecule is C[N+]12CC[N+](CCCN)(CC1)CC2. The molecule has 0 aromatic heterocycles. The molecule has 0 aromatic carbocycles. The van der Waals surface area contributed by atoms with Gasteiger partial charge in [0.1, 0.15) is 39.3 Å². The predicted octanol–water partition coefficient (Wildman–Crippen LogP) is -0.374. The second kappa shape index (κ2) is 3.23. The second-order valence-corrected chi connectivity index (χ2v) is 5.17. The fourth-order valence-corrected chi connectivity index (χ4v) is 2.79. The zero-order chi connectivity index (χ0) is 9.36. The Labute approximate surface area is 81.3 Å². The number of quaternary nitrogens is 2. The van der Waals surface area contributed by atoms with Crippen molar-refractivity contribution in [1.29, 1.82) is 0 Å². The third-order valence-electron chi connectivity index (χ3n) is 4.18. The van der Waals surface area contributed by atoms with Crippen LogP contribution in [-0.4, -0.2) is 68.4 Å². The number of nitrogens with zero attached hydrogens (tertiary/aromatic N) is 2. The van der Waals surface area contributed by atoms with Crippen molar-refractivity contribution in [1.82, 2.24) is 0 Å². The molecule has 2 bridgehead atoms. The van der Waals surface area contributed by atoms with Crippen LogP contribution in [0.2, 0.25) is 0 Å². The standard InChI is InChI=1S/C10H23N3/c1-12-5-8-13(9-6-12,10-7-12)4-2-3-11/h2-11H2,1H3/q+2. The van der Waals surface area contributed by atoms with Crippen LogP contribution in [0.25, 0.3) is 0 Å². The molecule has 0 radical (unpaired) electrons. The number of hydrogen-bond donors (Lipinski definition) is 1. The van der Waals surface area contributed by atoms with Crippen LogP contribution in [0.4, 0.5) is 0 Å². The van der Waals surface area contributed by atoms with Gasteiger partial charge in [-0.3, -0.25) is 0 Å². The van der Waals surface area contributed by atoms with Crippen molar-refractivity contribution in [2.75, 3.05) is 59.4 Å². The van der Waals surface area contributed by atoms with E-state index >= 15 is 0 Å². The van der Waals surface area contributed by atoms with Crippen LogP contribution in [0.3, 0.4) is 0 Å². The Morgan fingerprint density at radius 3 is 2.00 bits per heavy atom. The summed E-state index contributed by atoms with van der Waals surface area (Å²) in [6.07, 6.45) is 1.21. The fraction of sp³-hybridized carbons (Fsp3) is 1.00. The number of hydrogen-bond acceptors (Lipinski definition) is 1. The monoisotopic (exact) mass is 185 g/mol. The summed E-state index contributed by atoms with van der Waals surface area (Å²) in [7, 11) is 2.41. The average Bonchev–Trinajstić information content (AvgIpc) is 2.18. The van der Waals surface area contributed by atoms with Crippen LogP contribution in [0.1, 0.15) is 6.42 Å². The highest BCUT2D eigenvalue weighted by Crippen LogP contribution is 2.24. The molecule has 0 atom stereocenters. The minimum atomic E-state index is 0.867. The molecular formula is C10H23N3+2. The summed E-state index contributed by atoms with van der Waals surface area (Å²) in [5, 5.41) is 0. The summed E-state index contributed by atoms with van der Waals surface area (Å²) in [5.41, 5.74) is 5.58. The quantitative estimate of drug-likeness (QED) is 0.596. The van der Waals surface area contributed by atoms with Crippen LogP contribution in [0.5, 0.6) is 0 Å². The molecule has 0 saturated carbocycles.